The van der Waals surface area contributed by atoms with Crippen molar-refractivity contribution in [1.29, 1.82) is 0 Å². The topological polar surface area (TPSA) is 94.3 Å². The maximum absolute atomic E-state index is 6.25. The molecule has 0 atom stereocenters. The number of benzene rings is 2. The Morgan fingerprint density at radius 2 is 1.70 bits per heavy atom. The highest BCUT2D eigenvalue weighted by molar-refractivity contribution is 6.31. The standard InChI is InChI=1S/C19H20ClN5O2/c1-11-4-5-12(8-14(11)20)24-18-17(21)19(23-10-22-18)25-15-9-13(26-2)6-7-16(15)27-3/h4-10H,21H2,1-3H3,(H2,22,23,24,25). The smallest absolute Gasteiger partial charge is 0.159 e. The molecular formula is C19H20ClN5O2. The number of aryl methyl sites for hydroxylation is 1. The lowest BCUT2D eigenvalue weighted by atomic mass is 10.2. The van der Waals surface area contributed by atoms with E-state index in [9.17, 15) is 0 Å². The van der Waals surface area contributed by atoms with Crippen LogP contribution in [0.3, 0.4) is 0 Å². The second-order valence-electron chi connectivity index (χ2n) is 5.76. The van der Waals surface area contributed by atoms with E-state index in [1.54, 1.807) is 26.4 Å². The number of nitrogens with one attached hydrogen (secondary N) is 2. The molecule has 3 aromatic rings. The molecule has 1 aromatic heterocycles. The van der Waals surface area contributed by atoms with Crippen molar-refractivity contribution in [2.24, 2.45) is 0 Å². The molecule has 2 aromatic carbocycles. The predicted octanol–water partition coefficient (Wildman–Crippen LogP) is 4.53. The first-order valence-corrected chi connectivity index (χ1v) is 8.52. The van der Waals surface area contributed by atoms with Crippen LogP contribution in [0.2, 0.25) is 5.02 Å². The van der Waals surface area contributed by atoms with Crippen LogP contribution < -0.4 is 25.8 Å². The van der Waals surface area contributed by atoms with E-state index in [1.165, 1.54) is 6.33 Å². The summed E-state index contributed by atoms with van der Waals surface area (Å²) in [6, 6.07) is 11.0. The van der Waals surface area contributed by atoms with Gasteiger partial charge >= 0.3 is 0 Å². The van der Waals surface area contributed by atoms with E-state index in [0.717, 1.165) is 11.3 Å². The van der Waals surface area contributed by atoms with Gasteiger partial charge in [0.1, 0.15) is 23.5 Å². The molecule has 0 saturated carbocycles. The Hall–Kier alpha value is -3.19. The summed E-state index contributed by atoms with van der Waals surface area (Å²) >= 11 is 6.18. The third kappa shape index (κ3) is 4.15. The maximum Gasteiger partial charge on any atom is 0.159 e. The molecule has 3 rings (SSSR count). The molecule has 0 aliphatic rings. The van der Waals surface area contributed by atoms with Gasteiger partial charge in [0, 0.05) is 16.8 Å². The van der Waals surface area contributed by atoms with Crippen molar-refractivity contribution in [1.82, 2.24) is 9.97 Å². The predicted molar refractivity (Wildman–Crippen MR) is 109 cm³/mol. The first-order valence-electron chi connectivity index (χ1n) is 8.14. The monoisotopic (exact) mass is 385 g/mol. The Labute approximate surface area is 162 Å². The fourth-order valence-electron chi connectivity index (χ4n) is 2.44. The van der Waals surface area contributed by atoms with Gasteiger partial charge in [-0.25, -0.2) is 9.97 Å². The van der Waals surface area contributed by atoms with Gasteiger partial charge in [-0.1, -0.05) is 17.7 Å². The maximum atomic E-state index is 6.25. The van der Waals surface area contributed by atoms with Crippen LogP contribution in [0.25, 0.3) is 0 Å². The zero-order chi connectivity index (χ0) is 19.4. The largest absolute Gasteiger partial charge is 0.497 e. The van der Waals surface area contributed by atoms with Crippen molar-refractivity contribution >= 4 is 40.3 Å². The third-order valence-electron chi connectivity index (χ3n) is 3.98. The van der Waals surface area contributed by atoms with Crippen molar-refractivity contribution in [3.05, 3.63) is 53.3 Å². The van der Waals surface area contributed by atoms with Crippen LogP contribution in [0.5, 0.6) is 11.5 Å². The molecule has 27 heavy (non-hydrogen) atoms. The zero-order valence-corrected chi connectivity index (χ0v) is 16.0. The fourth-order valence-corrected chi connectivity index (χ4v) is 2.62. The number of aromatic nitrogens is 2. The Kier molecular flexibility index (Phi) is 5.52. The van der Waals surface area contributed by atoms with Crippen LogP contribution in [0.15, 0.2) is 42.7 Å². The molecule has 0 spiro atoms. The molecule has 0 saturated heterocycles. The SMILES string of the molecule is COc1ccc(OC)c(Nc2ncnc(Nc3ccc(C)c(Cl)c3)c2N)c1. The lowest BCUT2D eigenvalue weighted by Crippen LogP contribution is -2.06. The molecule has 1 heterocycles. The number of ether oxygens (including phenoxy) is 2. The van der Waals surface area contributed by atoms with E-state index in [1.807, 2.05) is 31.2 Å². The molecular weight excluding hydrogens is 366 g/mol. The zero-order valence-electron chi connectivity index (χ0n) is 15.2. The minimum Gasteiger partial charge on any atom is -0.497 e. The van der Waals surface area contributed by atoms with Gasteiger partial charge in [0.15, 0.2) is 11.6 Å². The molecule has 0 aliphatic carbocycles. The Balaban J connectivity index is 1.90. The summed E-state index contributed by atoms with van der Waals surface area (Å²) in [5.41, 5.74) is 9.06. The number of nitrogens with zero attached hydrogens (tertiary/aromatic N) is 2. The quantitative estimate of drug-likeness (QED) is 0.574. The van der Waals surface area contributed by atoms with Crippen molar-refractivity contribution in [2.45, 2.75) is 6.92 Å². The van der Waals surface area contributed by atoms with E-state index in [4.69, 9.17) is 26.8 Å². The van der Waals surface area contributed by atoms with Gasteiger partial charge in [0.05, 0.1) is 19.9 Å². The molecule has 0 aliphatic heterocycles. The third-order valence-corrected chi connectivity index (χ3v) is 4.39. The van der Waals surface area contributed by atoms with Crippen LogP contribution in [-0.4, -0.2) is 24.2 Å². The number of halogens is 1. The summed E-state index contributed by atoms with van der Waals surface area (Å²) < 4.78 is 10.6. The second-order valence-corrected chi connectivity index (χ2v) is 6.17. The summed E-state index contributed by atoms with van der Waals surface area (Å²) in [5, 5.41) is 6.99. The minimum absolute atomic E-state index is 0.360. The Morgan fingerprint density at radius 1 is 0.963 bits per heavy atom. The number of nitrogens with two attached hydrogens (primary N) is 1. The first kappa shape index (κ1) is 18.6. The molecule has 0 radical (unpaired) electrons. The highest BCUT2D eigenvalue weighted by atomic mass is 35.5. The molecule has 0 unspecified atom stereocenters. The molecule has 140 valence electrons. The highest BCUT2D eigenvalue weighted by Gasteiger charge is 2.12. The van der Waals surface area contributed by atoms with Gasteiger partial charge in [0.25, 0.3) is 0 Å². The minimum atomic E-state index is 0.360. The Morgan fingerprint density at radius 3 is 2.37 bits per heavy atom. The average molecular weight is 386 g/mol. The molecule has 0 amide bonds. The van der Waals surface area contributed by atoms with Crippen molar-refractivity contribution < 1.29 is 9.47 Å². The number of nitrogen functional groups attached to an aromatic ring is 1. The van der Waals surface area contributed by atoms with E-state index >= 15 is 0 Å². The number of rotatable bonds is 6. The average Bonchev–Trinajstić information content (AvgIpc) is 2.67. The lowest BCUT2D eigenvalue weighted by Gasteiger charge is -2.15. The van der Waals surface area contributed by atoms with Crippen LogP contribution in [0.1, 0.15) is 5.56 Å². The van der Waals surface area contributed by atoms with Gasteiger partial charge in [-0.05, 0) is 36.8 Å². The van der Waals surface area contributed by atoms with Crippen molar-refractivity contribution in [3.63, 3.8) is 0 Å². The number of hydrogen-bond acceptors (Lipinski definition) is 7. The van der Waals surface area contributed by atoms with Gasteiger partial charge in [-0.3, -0.25) is 0 Å². The Bertz CT molecular complexity index is 965. The molecule has 4 N–H and O–H groups in total. The van der Waals surface area contributed by atoms with Crippen molar-refractivity contribution in [3.8, 4) is 11.5 Å². The molecule has 8 heteroatoms. The lowest BCUT2D eigenvalue weighted by molar-refractivity contribution is 0.405. The van der Waals surface area contributed by atoms with Gasteiger partial charge in [0.2, 0.25) is 0 Å². The summed E-state index contributed by atoms with van der Waals surface area (Å²) in [6.45, 7) is 1.94. The first-order chi connectivity index (χ1) is 13.0. The molecule has 0 bridgehead atoms. The van der Waals surface area contributed by atoms with Crippen LogP contribution >= 0.6 is 11.6 Å². The highest BCUT2D eigenvalue weighted by Crippen LogP contribution is 2.34. The van der Waals surface area contributed by atoms with Crippen LogP contribution in [-0.2, 0) is 0 Å². The number of methoxy groups -OCH3 is 2. The van der Waals surface area contributed by atoms with Crippen LogP contribution in [0.4, 0.5) is 28.7 Å². The van der Waals surface area contributed by atoms with E-state index in [2.05, 4.69) is 20.6 Å². The second kappa shape index (κ2) is 8.01. The van der Waals surface area contributed by atoms with Crippen LogP contribution in [0, 0.1) is 6.92 Å². The van der Waals surface area contributed by atoms with Gasteiger partial charge in [-0.15, -0.1) is 0 Å². The number of hydrogen-bond donors (Lipinski definition) is 3. The summed E-state index contributed by atoms with van der Waals surface area (Å²) in [6.07, 6.45) is 1.42. The fraction of sp³-hybridized carbons (Fsp3) is 0.158. The van der Waals surface area contributed by atoms with Gasteiger partial charge in [-0.2, -0.15) is 0 Å². The molecule has 7 nitrogen and oxygen atoms in total. The van der Waals surface area contributed by atoms with Crippen molar-refractivity contribution in [2.75, 3.05) is 30.6 Å². The van der Waals surface area contributed by atoms with E-state index in [0.29, 0.717) is 39.5 Å². The molecule has 0 fully saturated rings. The number of anilines is 5. The summed E-state index contributed by atoms with van der Waals surface area (Å²) in [7, 11) is 3.18. The van der Waals surface area contributed by atoms with Gasteiger partial charge < -0.3 is 25.8 Å². The van der Waals surface area contributed by atoms with E-state index in [-0.39, 0.29) is 0 Å². The summed E-state index contributed by atoms with van der Waals surface area (Å²) in [4.78, 5) is 8.45. The van der Waals surface area contributed by atoms with E-state index < -0.39 is 0 Å². The normalized spacial score (nSPS) is 10.4. The summed E-state index contributed by atoms with van der Waals surface area (Å²) in [5.74, 6) is 2.22.